The lowest BCUT2D eigenvalue weighted by Gasteiger charge is -2.25. The highest BCUT2D eigenvalue weighted by atomic mass is 19.1. The molecule has 3 rings (SSSR count). The maximum Gasteiger partial charge on any atom is 0.325 e. The normalized spacial score (nSPS) is 19.2. The third-order valence-corrected chi connectivity index (χ3v) is 5.24. The van der Waals surface area contributed by atoms with E-state index in [1.165, 1.54) is 24.3 Å². The molecule has 0 aromatic heterocycles. The Kier molecular flexibility index (Phi) is 5.31. The first-order valence-electron chi connectivity index (χ1n) is 9.32. The third-order valence-electron chi connectivity index (χ3n) is 5.24. The molecule has 1 aliphatic heterocycles. The highest BCUT2D eigenvalue weighted by molar-refractivity contribution is 6.11. The molecule has 3 amide bonds. The van der Waals surface area contributed by atoms with Crippen LogP contribution in [-0.2, 0) is 10.3 Å². The van der Waals surface area contributed by atoms with Crippen molar-refractivity contribution >= 4 is 17.7 Å². The number of nitrogens with zero attached hydrogens (tertiary/aromatic N) is 1. The zero-order valence-electron chi connectivity index (χ0n) is 16.2. The fourth-order valence-electron chi connectivity index (χ4n) is 3.43. The Bertz CT molecular complexity index is 906. The molecule has 1 heterocycles. The minimum absolute atomic E-state index is 0.289. The predicted molar refractivity (Wildman–Crippen MR) is 103 cm³/mol. The number of rotatable bonds is 6. The van der Waals surface area contributed by atoms with Crippen molar-refractivity contribution in [1.82, 2.24) is 10.2 Å². The lowest BCUT2D eigenvalue weighted by atomic mass is 9.87. The van der Waals surface area contributed by atoms with Crippen molar-refractivity contribution in [2.75, 3.05) is 6.54 Å². The third kappa shape index (κ3) is 3.42. The second kappa shape index (κ2) is 7.54. The summed E-state index contributed by atoms with van der Waals surface area (Å²) in [7, 11) is 0. The summed E-state index contributed by atoms with van der Waals surface area (Å²) in [5, 5.41) is 2.70. The zero-order valence-corrected chi connectivity index (χ0v) is 16.2. The number of amides is 3. The van der Waals surface area contributed by atoms with Crippen LogP contribution in [0.1, 0.15) is 54.6 Å². The number of urea groups is 1. The lowest BCUT2D eigenvalue weighted by molar-refractivity contribution is -0.131. The topological polar surface area (TPSA) is 66.5 Å². The summed E-state index contributed by atoms with van der Waals surface area (Å²) in [4.78, 5) is 39.1. The quantitative estimate of drug-likeness (QED) is 0.607. The van der Waals surface area contributed by atoms with E-state index in [0.717, 1.165) is 10.5 Å². The van der Waals surface area contributed by atoms with E-state index in [9.17, 15) is 18.8 Å². The summed E-state index contributed by atoms with van der Waals surface area (Å²) in [6, 6.07) is 12.0. The van der Waals surface area contributed by atoms with Gasteiger partial charge in [-0.2, -0.15) is 0 Å². The van der Waals surface area contributed by atoms with Crippen LogP contribution in [0.5, 0.6) is 0 Å². The molecule has 1 saturated heterocycles. The number of Topliss-reactive ketones (excluding diaryl/α,β-unsaturated/α-hetero) is 1. The van der Waals surface area contributed by atoms with Crippen LogP contribution in [0.15, 0.2) is 48.5 Å². The van der Waals surface area contributed by atoms with Gasteiger partial charge in [-0.3, -0.25) is 14.5 Å². The van der Waals surface area contributed by atoms with E-state index >= 15 is 0 Å². The molecule has 28 heavy (non-hydrogen) atoms. The van der Waals surface area contributed by atoms with Crippen LogP contribution in [0.2, 0.25) is 0 Å². The molecule has 5 nitrogen and oxygen atoms in total. The van der Waals surface area contributed by atoms with Crippen molar-refractivity contribution < 1.29 is 18.8 Å². The second-order valence-electron chi connectivity index (χ2n) is 7.29. The van der Waals surface area contributed by atoms with E-state index in [1.807, 2.05) is 12.1 Å². The summed E-state index contributed by atoms with van der Waals surface area (Å²) >= 11 is 0. The Morgan fingerprint density at radius 3 is 2.21 bits per heavy atom. The number of halogens is 1. The Morgan fingerprint density at radius 2 is 1.68 bits per heavy atom. The molecule has 146 valence electrons. The minimum atomic E-state index is -1.29. The molecule has 1 aliphatic rings. The van der Waals surface area contributed by atoms with Gasteiger partial charge in [-0.25, -0.2) is 9.18 Å². The van der Waals surface area contributed by atoms with Crippen molar-refractivity contribution in [2.24, 2.45) is 0 Å². The molecule has 1 unspecified atom stereocenters. The fraction of sp³-hybridized carbons (Fsp3) is 0.318. The van der Waals surface area contributed by atoms with Gasteiger partial charge < -0.3 is 5.32 Å². The van der Waals surface area contributed by atoms with Crippen molar-refractivity contribution in [3.8, 4) is 0 Å². The van der Waals surface area contributed by atoms with Crippen LogP contribution >= 0.6 is 0 Å². The SMILES string of the molecule is CCC1(c2ccc(F)cc2)NC(=O)N(CC(=O)c2ccc(C(C)C)cc2)C1=O. The van der Waals surface area contributed by atoms with E-state index in [1.54, 1.807) is 19.1 Å². The number of hydrogen-bond acceptors (Lipinski definition) is 3. The maximum atomic E-state index is 13.3. The number of carbonyl (C=O) groups excluding carboxylic acids is 3. The van der Waals surface area contributed by atoms with Crippen LogP contribution in [0, 0.1) is 5.82 Å². The van der Waals surface area contributed by atoms with Crippen molar-refractivity contribution in [2.45, 2.75) is 38.6 Å². The fourth-order valence-corrected chi connectivity index (χ4v) is 3.43. The van der Waals surface area contributed by atoms with Crippen molar-refractivity contribution in [3.05, 3.63) is 71.0 Å². The van der Waals surface area contributed by atoms with Gasteiger partial charge in [-0.05, 0) is 35.6 Å². The molecule has 0 aliphatic carbocycles. The van der Waals surface area contributed by atoms with Crippen LogP contribution in [0.25, 0.3) is 0 Å². The minimum Gasteiger partial charge on any atom is -0.319 e. The van der Waals surface area contributed by atoms with Gasteiger partial charge in [-0.1, -0.05) is 57.2 Å². The van der Waals surface area contributed by atoms with Crippen LogP contribution in [0.4, 0.5) is 9.18 Å². The van der Waals surface area contributed by atoms with Gasteiger partial charge in [0.25, 0.3) is 5.91 Å². The number of imide groups is 1. The van der Waals surface area contributed by atoms with Gasteiger partial charge in [0, 0.05) is 5.56 Å². The van der Waals surface area contributed by atoms with Gasteiger partial charge in [0.1, 0.15) is 11.4 Å². The first-order chi connectivity index (χ1) is 13.3. The van der Waals surface area contributed by atoms with Crippen LogP contribution < -0.4 is 5.32 Å². The van der Waals surface area contributed by atoms with Crippen molar-refractivity contribution in [1.29, 1.82) is 0 Å². The summed E-state index contributed by atoms with van der Waals surface area (Å²) in [6.07, 6.45) is 0.289. The van der Waals surface area contributed by atoms with Gasteiger partial charge in [-0.15, -0.1) is 0 Å². The lowest BCUT2D eigenvalue weighted by Crippen LogP contribution is -2.43. The van der Waals surface area contributed by atoms with Gasteiger partial charge in [0.2, 0.25) is 0 Å². The molecule has 1 fully saturated rings. The zero-order chi connectivity index (χ0) is 20.5. The molecular weight excluding hydrogens is 359 g/mol. The van der Waals surface area contributed by atoms with Crippen LogP contribution in [-0.4, -0.2) is 29.2 Å². The molecule has 1 atom stereocenters. The number of benzene rings is 2. The molecule has 2 aromatic rings. The standard InChI is InChI=1S/C22H23FN2O3/c1-4-22(17-9-11-18(23)12-10-17)20(27)25(21(28)24-22)13-19(26)16-7-5-15(6-8-16)14(2)3/h5-12,14H,4,13H2,1-3H3,(H,24,28). The van der Waals surface area contributed by atoms with E-state index in [4.69, 9.17) is 0 Å². The smallest absolute Gasteiger partial charge is 0.319 e. The molecule has 0 spiro atoms. The Hall–Kier alpha value is -3.02. The molecule has 0 bridgehead atoms. The summed E-state index contributed by atoms with van der Waals surface area (Å²) < 4.78 is 13.3. The summed E-state index contributed by atoms with van der Waals surface area (Å²) in [5.41, 5.74) is 0.756. The van der Waals surface area contributed by atoms with Gasteiger partial charge >= 0.3 is 6.03 Å². The van der Waals surface area contributed by atoms with Gasteiger partial charge in [0.15, 0.2) is 5.78 Å². The van der Waals surface area contributed by atoms with E-state index in [-0.39, 0.29) is 18.7 Å². The van der Waals surface area contributed by atoms with Crippen molar-refractivity contribution in [3.63, 3.8) is 0 Å². The monoisotopic (exact) mass is 382 g/mol. The molecular formula is C22H23FN2O3. The average molecular weight is 382 g/mol. The molecule has 0 radical (unpaired) electrons. The summed E-state index contributed by atoms with van der Waals surface area (Å²) in [5.74, 6) is -0.900. The highest BCUT2D eigenvalue weighted by Gasteiger charge is 2.51. The van der Waals surface area contributed by atoms with Gasteiger partial charge in [0.05, 0.1) is 6.54 Å². The first kappa shape index (κ1) is 19.7. The first-order valence-corrected chi connectivity index (χ1v) is 9.32. The number of hydrogen-bond donors (Lipinski definition) is 1. The number of ketones is 1. The van der Waals surface area contributed by atoms with Crippen LogP contribution in [0.3, 0.4) is 0 Å². The maximum absolute atomic E-state index is 13.3. The largest absolute Gasteiger partial charge is 0.325 e. The second-order valence-corrected chi connectivity index (χ2v) is 7.29. The summed E-state index contributed by atoms with van der Waals surface area (Å²) in [6.45, 7) is 5.54. The highest BCUT2D eigenvalue weighted by Crippen LogP contribution is 2.32. The average Bonchev–Trinajstić information content (AvgIpc) is 2.93. The number of carbonyl (C=O) groups is 3. The van der Waals surface area contributed by atoms with E-state index in [0.29, 0.717) is 17.0 Å². The molecule has 0 saturated carbocycles. The van der Waals surface area contributed by atoms with E-state index in [2.05, 4.69) is 19.2 Å². The Labute approximate surface area is 163 Å². The Morgan fingerprint density at radius 1 is 1.07 bits per heavy atom. The molecule has 1 N–H and O–H groups in total. The van der Waals surface area contributed by atoms with E-state index < -0.39 is 23.3 Å². The number of nitrogens with one attached hydrogen (secondary N) is 1. The Balaban J connectivity index is 1.83. The molecule has 6 heteroatoms. The molecule has 2 aromatic carbocycles. The predicted octanol–water partition coefficient (Wildman–Crippen LogP) is 3.99.